The Morgan fingerprint density at radius 3 is 2.02 bits per heavy atom. The van der Waals surface area contributed by atoms with E-state index in [9.17, 15) is 13.9 Å². The van der Waals surface area contributed by atoms with Gasteiger partial charge in [0.05, 0.1) is 38.9 Å². The zero-order chi connectivity index (χ0) is 30.6. The topological polar surface area (TPSA) is 119 Å². The number of amides is 1. The SMILES string of the molecule is CCOP(=O)(Nc1cccc(C(CN2CCCC2)N(C)C(=O)Cc2ccccc2NP(=O)(OCC)OCC)c1)OCC. The highest BCUT2D eigenvalue weighted by atomic mass is 31.2. The smallest absolute Gasteiger partial charge is 0.337 e. The Bertz CT molecular complexity index is 1220. The van der Waals surface area contributed by atoms with E-state index in [0.29, 0.717) is 23.5 Å². The minimum absolute atomic E-state index is 0.0796. The van der Waals surface area contributed by atoms with Crippen molar-refractivity contribution in [1.82, 2.24) is 9.80 Å². The first-order chi connectivity index (χ1) is 20.2. The lowest BCUT2D eigenvalue weighted by molar-refractivity contribution is -0.131. The molecular weight excluding hydrogens is 578 g/mol. The van der Waals surface area contributed by atoms with E-state index in [1.165, 1.54) is 0 Å². The van der Waals surface area contributed by atoms with E-state index >= 15 is 0 Å². The Kier molecular flexibility index (Phi) is 13.5. The first-order valence-electron chi connectivity index (χ1n) is 14.7. The van der Waals surface area contributed by atoms with Crippen LogP contribution in [0.25, 0.3) is 0 Å². The molecule has 0 radical (unpaired) electrons. The van der Waals surface area contributed by atoms with Crippen LogP contribution in [-0.4, -0.2) is 68.8 Å². The van der Waals surface area contributed by atoms with Gasteiger partial charge in [0.25, 0.3) is 0 Å². The second-order valence-electron chi connectivity index (χ2n) is 9.88. The normalized spacial score (nSPS) is 15.0. The molecule has 13 heteroatoms. The number of carbonyl (C=O) groups excluding carboxylic acids is 1. The van der Waals surface area contributed by atoms with Crippen molar-refractivity contribution in [1.29, 1.82) is 0 Å². The second-order valence-corrected chi connectivity index (χ2v) is 13.3. The van der Waals surface area contributed by atoms with Gasteiger partial charge >= 0.3 is 15.5 Å². The Balaban J connectivity index is 1.86. The van der Waals surface area contributed by atoms with Crippen LogP contribution in [0.15, 0.2) is 48.5 Å². The summed E-state index contributed by atoms with van der Waals surface area (Å²) in [5.41, 5.74) is 2.68. The van der Waals surface area contributed by atoms with Crippen molar-refractivity contribution in [3.63, 3.8) is 0 Å². The van der Waals surface area contributed by atoms with Gasteiger partial charge in [0.15, 0.2) is 0 Å². The highest BCUT2D eigenvalue weighted by molar-refractivity contribution is 7.55. The first-order valence-corrected chi connectivity index (χ1v) is 17.7. The molecule has 2 aromatic carbocycles. The lowest BCUT2D eigenvalue weighted by atomic mass is 10.0. The number of nitrogens with zero attached hydrogens (tertiary/aromatic N) is 2. The number of carbonyl (C=O) groups is 1. The van der Waals surface area contributed by atoms with E-state index in [2.05, 4.69) is 15.1 Å². The van der Waals surface area contributed by atoms with Gasteiger partial charge in [0, 0.05) is 25.0 Å². The van der Waals surface area contributed by atoms with Gasteiger partial charge in [-0.05, 0) is 83.0 Å². The van der Waals surface area contributed by atoms with E-state index in [4.69, 9.17) is 18.1 Å². The van der Waals surface area contributed by atoms with E-state index in [-0.39, 0.29) is 44.8 Å². The molecule has 11 nitrogen and oxygen atoms in total. The quantitative estimate of drug-likeness (QED) is 0.173. The molecule has 0 bridgehead atoms. The van der Waals surface area contributed by atoms with Gasteiger partial charge in [0.2, 0.25) is 5.91 Å². The maximum atomic E-state index is 13.8. The van der Waals surface area contributed by atoms with Crippen LogP contribution < -0.4 is 10.2 Å². The summed E-state index contributed by atoms with van der Waals surface area (Å²) in [6.07, 6.45) is 2.32. The highest BCUT2D eigenvalue weighted by Crippen LogP contribution is 2.49. The van der Waals surface area contributed by atoms with Gasteiger partial charge in [-0.15, -0.1) is 0 Å². The minimum Gasteiger partial charge on any atom is -0.337 e. The zero-order valence-electron chi connectivity index (χ0n) is 25.4. The average Bonchev–Trinajstić information content (AvgIpc) is 3.46. The molecule has 2 N–H and O–H groups in total. The van der Waals surface area contributed by atoms with E-state index < -0.39 is 15.5 Å². The molecule has 1 amide bonds. The third-order valence-electron chi connectivity index (χ3n) is 6.84. The van der Waals surface area contributed by atoms with E-state index in [1.807, 2.05) is 30.3 Å². The number of rotatable bonds is 18. The molecule has 0 spiro atoms. The molecule has 42 heavy (non-hydrogen) atoms. The molecule has 0 aliphatic carbocycles. The van der Waals surface area contributed by atoms with Crippen LogP contribution >= 0.6 is 15.5 Å². The molecule has 234 valence electrons. The van der Waals surface area contributed by atoms with Crippen molar-refractivity contribution in [2.24, 2.45) is 0 Å². The number of hydrogen-bond donors (Lipinski definition) is 2. The molecule has 3 rings (SSSR count). The lowest BCUT2D eigenvalue weighted by Crippen LogP contribution is -2.39. The van der Waals surface area contributed by atoms with Gasteiger partial charge in [-0.3, -0.25) is 33.1 Å². The predicted octanol–water partition coefficient (Wildman–Crippen LogP) is 6.71. The summed E-state index contributed by atoms with van der Waals surface area (Å²) in [6, 6.07) is 14.5. The summed E-state index contributed by atoms with van der Waals surface area (Å²) in [7, 11) is -5.32. The van der Waals surface area contributed by atoms with Crippen LogP contribution in [0.1, 0.15) is 57.7 Å². The number of para-hydroxylation sites is 1. The fraction of sp³-hybridized carbons (Fsp3) is 0.552. The Morgan fingerprint density at radius 2 is 1.43 bits per heavy atom. The van der Waals surface area contributed by atoms with Crippen LogP contribution in [-0.2, 0) is 38.4 Å². The molecule has 0 aromatic heterocycles. The van der Waals surface area contributed by atoms with Crippen LogP contribution in [0.2, 0.25) is 0 Å². The van der Waals surface area contributed by atoms with Crippen LogP contribution in [0, 0.1) is 0 Å². The standard InChI is InChI=1S/C29H46N4O7P2/c1-6-37-41(35,38-7-2)30-26-17-14-16-25(21-26)28(23-33-19-12-13-20-33)32(5)29(34)22-24-15-10-11-18-27(24)31-42(36,39-8-3)40-9-4/h10-11,14-18,21,28H,6-9,12-13,19-20,22-23H2,1-5H3,(H,30,35)(H,31,36). The van der Waals surface area contributed by atoms with E-state index in [0.717, 1.165) is 31.5 Å². The number of nitrogens with one attached hydrogen (secondary N) is 2. The molecule has 1 aliphatic heterocycles. The number of anilines is 2. The van der Waals surface area contributed by atoms with Gasteiger partial charge in [-0.25, -0.2) is 9.13 Å². The second kappa shape index (κ2) is 16.6. The van der Waals surface area contributed by atoms with Crippen molar-refractivity contribution in [2.75, 3.05) is 63.3 Å². The molecule has 1 unspecified atom stereocenters. The van der Waals surface area contributed by atoms with Gasteiger partial charge in [-0.1, -0.05) is 30.3 Å². The third kappa shape index (κ3) is 9.91. The molecule has 1 atom stereocenters. The summed E-state index contributed by atoms with van der Waals surface area (Å²) in [5, 5.41) is 5.85. The summed E-state index contributed by atoms with van der Waals surface area (Å²) < 4.78 is 47.9. The predicted molar refractivity (Wildman–Crippen MR) is 167 cm³/mol. The monoisotopic (exact) mass is 624 g/mol. The van der Waals surface area contributed by atoms with Crippen molar-refractivity contribution in [2.45, 2.75) is 53.0 Å². The van der Waals surface area contributed by atoms with Crippen molar-refractivity contribution >= 4 is 32.8 Å². The number of benzene rings is 2. The summed E-state index contributed by atoms with van der Waals surface area (Å²) in [6.45, 7) is 10.5. The maximum absolute atomic E-state index is 13.8. The summed E-state index contributed by atoms with van der Waals surface area (Å²) in [4.78, 5) is 17.9. The number of hydrogen-bond acceptors (Lipinski definition) is 8. The fourth-order valence-corrected chi connectivity index (χ4v) is 7.65. The van der Waals surface area contributed by atoms with Crippen LogP contribution in [0.3, 0.4) is 0 Å². The Hall–Kier alpha value is -2.23. The van der Waals surface area contributed by atoms with E-state index in [1.54, 1.807) is 57.8 Å². The Labute approximate surface area is 250 Å². The van der Waals surface area contributed by atoms with Crippen LogP contribution in [0.5, 0.6) is 0 Å². The highest BCUT2D eigenvalue weighted by Gasteiger charge is 2.29. The minimum atomic E-state index is -3.59. The zero-order valence-corrected chi connectivity index (χ0v) is 27.2. The van der Waals surface area contributed by atoms with Crippen molar-refractivity contribution < 1.29 is 32.0 Å². The molecule has 0 saturated carbocycles. The Morgan fingerprint density at radius 1 is 0.857 bits per heavy atom. The van der Waals surface area contributed by atoms with Gasteiger partial charge in [-0.2, -0.15) is 0 Å². The molecule has 1 heterocycles. The van der Waals surface area contributed by atoms with Crippen LogP contribution in [0.4, 0.5) is 11.4 Å². The largest absolute Gasteiger partial charge is 0.432 e. The average molecular weight is 625 g/mol. The molecule has 1 fully saturated rings. The molecule has 1 aliphatic rings. The maximum Gasteiger partial charge on any atom is 0.432 e. The summed E-state index contributed by atoms with van der Waals surface area (Å²) >= 11 is 0. The number of likely N-dealkylation sites (tertiary alicyclic amines) is 1. The van der Waals surface area contributed by atoms with Gasteiger partial charge < -0.3 is 9.80 Å². The van der Waals surface area contributed by atoms with Crippen molar-refractivity contribution in [3.8, 4) is 0 Å². The van der Waals surface area contributed by atoms with Gasteiger partial charge in [0.1, 0.15) is 0 Å². The molecule has 1 saturated heterocycles. The summed E-state index contributed by atoms with van der Waals surface area (Å²) in [5.74, 6) is -0.108. The fourth-order valence-electron chi connectivity index (χ4n) is 4.91. The molecular formula is C29H46N4O7P2. The number of likely N-dealkylation sites (N-methyl/N-ethyl adjacent to an activating group) is 1. The lowest BCUT2D eigenvalue weighted by Gasteiger charge is -2.33. The van der Waals surface area contributed by atoms with Crippen molar-refractivity contribution in [3.05, 3.63) is 59.7 Å². The first kappa shape index (κ1) is 34.3. The molecule has 2 aromatic rings. The third-order valence-corrected chi connectivity index (χ3v) is 10.3.